The molecule has 2 amide bonds. The van der Waals surface area contributed by atoms with Crippen LogP contribution in [0.25, 0.3) is 11.6 Å². The van der Waals surface area contributed by atoms with E-state index in [-0.39, 0.29) is 18.2 Å². The molecule has 0 atom stereocenters. The van der Waals surface area contributed by atoms with Gasteiger partial charge in [0.05, 0.1) is 12.8 Å². The van der Waals surface area contributed by atoms with E-state index in [9.17, 15) is 9.59 Å². The van der Waals surface area contributed by atoms with E-state index in [1.807, 2.05) is 29.2 Å². The maximum Gasteiger partial charge on any atom is 0.239 e. The largest absolute Gasteiger partial charge is 0.461 e. The summed E-state index contributed by atoms with van der Waals surface area (Å²) < 4.78 is 10.4. The summed E-state index contributed by atoms with van der Waals surface area (Å²) in [7, 11) is 0. The van der Waals surface area contributed by atoms with E-state index in [1.54, 1.807) is 12.1 Å². The second-order valence-electron chi connectivity index (χ2n) is 6.70. The predicted molar refractivity (Wildman–Crippen MR) is 104 cm³/mol. The lowest BCUT2D eigenvalue weighted by Gasteiger charge is -2.28. The first kappa shape index (κ1) is 18.7. The number of piperazine rings is 1. The first-order valence-electron chi connectivity index (χ1n) is 9.41. The summed E-state index contributed by atoms with van der Waals surface area (Å²) in [5.74, 6) is 1.22. The Morgan fingerprint density at radius 3 is 2.86 bits per heavy atom. The second-order valence-corrected chi connectivity index (χ2v) is 6.70. The third kappa shape index (κ3) is 4.81. The van der Waals surface area contributed by atoms with Crippen molar-refractivity contribution < 1.29 is 18.5 Å². The molecular formula is C20H21N5O4. The fourth-order valence-corrected chi connectivity index (χ4v) is 3.06. The number of hydrogen-bond donors (Lipinski definition) is 2. The van der Waals surface area contributed by atoms with Crippen molar-refractivity contribution >= 4 is 17.5 Å². The average molecular weight is 395 g/mol. The molecule has 1 aromatic carbocycles. The molecule has 0 bridgehead atoms. The van der Waals surface area contributed by atoms with Gasteiger partial charge >= 0.3 is 0 Å². The molecule has 2 N–H and O–H groups in total. The minimum Gasteiger partial charge on any atom is -0.461 e. The van der Waals surface area contributed by atoms with Crippen molar-refractivity contribution in [1.29, 1.82) is 0 Å². The van der Waals surface area contributed by atoms with Crippen molar-refractivity contribution in [2.24, 2.45) is 0 Å². The molecule has 2 aromatic heterocycles. The van der Waals surface area contributed by atoms with Gasteiger partial charge in [0.2, 0.25) is 23.5 Å². The molecule has 0 aliphatic carbocycles. The number of nitrogens with zero attached hydrogens (tertiary/aromatic N) is 3. The molecule has 1 aliphatic rings. The number of aromatic nitrogens is 2. The van der Waals surface area contributed by atoms with Crippen LogP contribution in [0.2, 0.25) is 0 Å². The van der Waals surface area contributed by atoms with Gasteiger partial charge < -0.3 is 24.5 Å². The maximum atomic E-state index is 12.1. The fraction of sp³-hybridized carbons (Fsp3) is 0.300. The van der Waals surface area contributed by atoms with Crippen molar-refractivity contribution in [2.75, 3.05) is 24.5 Å². The number of furan rings is 1. The smallest absolute Gasteiger partial charge is 0.239 e. The quantitative estimate of drug-likeness (QED) is 0.623. The minimum atomic E-state index is -0.0977. The summed E-state index contributed by atoms with van der Waals surface area (Å²) in [5, 5.41) is 9.54. The molecule has 9 heteroatoms. The zero-order valence-electron chi connectivity index (χ0n) is 15.8. The molecule has 9 nitrogen and oxygen atoms in total. The lowest BCUT2D eigenvalue weighted by Crippen LogP contribution is -2.47. The van der Waals surface area contributed by atoms with E-state index in [4.69, 9.17) is 8.94 Å². The van der Waals surface area contributed by atoms with Crippen LogP contribution >= 0.6 is 0 Å². The summed E-state index contributed by atoms with van der Waals surface area (Å²) in [5.41, 5.74) is 1.99. The highest BCUT2D eigenvalue weighted by Crippen LogP contribution is 2.17. The van der Waals surface area contributed by atoms with Crippen LogP contribution in [0.15, 0.2) is 51.6 Å². The van der Waals surface area contributed by atoms with E-state index in [2.05, 4.69) is 20.8 Å². The van der Waals surface area contributed by atoms with Gasteiger partial charge in [-0.05, 0) is 29.8 Å². The Morgan fingerprint density at radius 1 is 1.24 bits per heavy atom. The molecule has 150 valence electrons. The first-order valence-corrected chi connectivity index (χ1v) is 9.41. The van der Waals surface area contributed by atoms with Crippen molar-refractivity contribution in [3.8, 4) is 11.6 Å². The Hall–Kier alpha value is -3.62. The normalized spacial score (nSPS) is 13.9. The van der Waals surface area contributed by atoms with Crippen LogP contribution in [-0.2, 0) is 22.6 Å². The van der Waals surface area contributed by atoms with E-state index < -0.39 is 0 Å². The van der Waals surface area contributed by atoms with Crippen molar-refractivity contribution in [1.82, 2.24) is 20.8 Å². The van der Waals surface area contributed by atoms with Crippen LogP contribution in [-0.4, -0.2) is 41.6 Å². The zero-order chi connectivity index (χ0) is 20.1. The number of amides is 2. The van der Waals surface area contributed by atoms with E-state index in [0.29, 0.717) is 43.5 Å². The molecule has 3 aromatic rings. The summed E-state index contributed by atoms with van der Waals surface area (Å²) in [6.45, 7) is 2.24. The number of nitrogens with one attached hydrogen (secondary N) is 2. The van der Waals surface area contributed by atoms with Gasteiger partial charge in [-0.1, -0.05) is 17.3 Å². The zero-order valence-corrected chi connectivity index (χ0v) is 15.8. The molecule has 0 saturated carbocycles. The molecule has 1 fully saturated rings. The van der Waals surface area contributed by atoms with Crippen LogP contribution in [0, 0.1) is 0 Å². The lowest BCUT2D eigenvalue weighted by atomic mass is 10.1. The average Bonchev–Trinajstić information content (AvgIpc) is 3.43. The predicted octanol–water partition coefficient (Wildman–Crippen LogP) is 1.51. The number of rotatable bonds is 7. The summed E-state index contributed by atoms with van der Waals surface area (Å²) >= 11 is 0. The van der Waals surface area contributed by atoms with Gasteiger partial charge in [0.25, 0.3) is 0 Å². The molecular weight excluding hydrogens is 374 g/mol. The SMILES string of the molecule is O=C(CCc1nc(-c2ccco2)no1)NCc1ccc(N2CCNC(=O)C2)cc1. The maximum absolute atomic E-state index is 12.1. The topological polar surface area (TPSA) is 114 Å². The van der Waals surface area contributed by atoms with Crippen molar-refractivity contribution in [3.05, 3.63) is 54.1 Å². The molecule has 1 aliphatic heterocycles. The third-order valence-electron chi connectivity index (χ3n) is 4.61. The Morgan fingerprint density at radius 2 is 2.10 bits per heavy atom. The number of carbonyl (C=O) groups excluding carboxylic acids is 2. The highest BCUT2D eigenvalue weighted by Gasteiger charge is 2.16. The monoisotopic (exact) mass is 395 g/mol. The van der Waals surface area contributed by atoms with Crippen molar-refractivity contribution in [3.63, 3.8) is 0 Å². The summed E-state index contributed by atoms with van der Waals surface area (Å²) in [6, 6.07) is 11.3. The Kier molecular flexibility index (Phi) is 5.55. The number of anilines is 1. The van der Waals surface area contributed by atoms with E-state index in [0.717, 1.165) is 17.8 Å². The molecule has 0 unspecified atom stereocenters. The molecule has 1 saturated heterocycles. The fourth-order valence-electron chi connectivity index (χ4n) is 3.06. The number of aryl methyl sites for hydroxylation is 1. The van der Waals surface area contributed by atoms with E-state index in [1.165, 1.54) is 6.26 Å². The minimum absolute atomic E-state index is 0.0325. The van der Waals surface area contributed by atoms with Crippen LogP contribution in [0.4, 0.5) is 5.69 Å². The summed E-state index contributed by atoms with van der Waals surface area (Å²) in [6.07, 6.45) is 2.14. The summed E-state index contributed by atoms with van der Waals surface area (Å²) in [4.78, 5) is 29.8. The van der Waals surface area contributed by atoms with Crippen molar-refractivity contribution in [2.45, 2.75) is 19.4 Å². The molecule has 0 spiro atoms. The Bertz CT molecular complexity index is 965. The van der Waals surface area contributed by atoms with E-state index >= 15 is 0 Å². The standard InChI is InChI=1S/C20H21N5O4/c26-17(7-8-19-23-20(24-29-19)16-2-1-11-28-16)22-12-14-3-5-15(6-4-14)25-10-9-21-18(27)13-25/h1-6,11H,7-10,12-13H2,(H,21,27)(H,22,26). The van der Waals surface area contributed by atoms with Crippen LogP contribution in [0.5, 0.6) is 0 Å². The molecule has 3 heterocycles. The molecule has 0 radical (unpaired) electrons. The third-order valence-corrected chi connectivity index (χ3v) is 4.61. The van der Waals surface area contributed by atoms with Gasteiger partial charge in [-0.25, -0.2) is 0 Å². The number of hydrogen-bond acceptors (Lipinski definition) is 7. The number of benzene rings is 1. The van der Waals surface area contributed by atoms with Gasteiger partial charge in [-0.15, -0.1) is 0 Å². The van der Waals surface area contributed by atoms with Crippen LogP contribution in [0.1, 0.15) is 17.9 Å². The Labute approximate surface area is 167 Å². The Balaban J connectivity index is 1.23. The first-order chi connectivity index (χ1) is 14.2. The van der Waals surface area contributed by atoms with Crippen LogP contribution in [0.3, 0.4) is 0 Å². The van der Waals surface area contributed by atoms with Gasteiger partial charge in [-0.3, -0.25) is 9.59 Å². The molecule has 4 rings (SSSR count). The van der Waals surface area contributed by atoms with Gasteiger partial charge in [0.1, 0.15) is 0 Å². The second kappa shape index (κ2) is 8.59. The molecule has 29 heavy (non-hydrogen) atoms. The highest BCUT2D eigenvalue weighted by molar-refractivity contribution is 5.82. The number of carbonyl (C=O) groups is 2. The van der Waals surface area contributed by atoms with Gasteiger partial charge in [0.15, 0.2) is 5.76 Å². The van der Waals surface area contributed by atoms with Gasteiger partial charge in [-0.2, -0.15) is 4.98 Å². The van der Waals surface area contributed by atoms with Gasteiger partial charge in [0, 0.05) is 38.2 Å². The lowest BCUT2D eigenvalue weighted by molar-refractivity contribution is -0.121. The van der Waals surface area contributed by atoms with Crippen LogP contribution < -0.4 is 15.5 Å². The highest BCUT2D eigenvalue weighted by atomic mass is 16.5.